The molecule has 4 nitrogen and oxygen atoms in total. The number of ether oxygens (including phenoxy) is 1. The van der Waals surface area contributed by atoms with Crippen LogP contribution in [-0.4, -0.2) is 10.9 Å². The summed E-state index contributed by atoms with van der Waals surface area (Å²) in [5.41, 5.74) is 5.36. The first-order valence-corrected chi connectivity index (χ1v) is 6.77. The largest absolute Gasteiger partial charge is 0.453 e. The monoisotopic (exact) mass is 328 g/mol. The van der Waals surface area contributed by atoms with E-state index in [2.05, 4.69) is 4.98 Å². The molecule has 0 radical (unpaired) electrons. The van der Waals surface area contributed by atoms with Crippen molar-refractivity contribution in [3.63, 3.8) is 0 Å². The number of rotatable bonds is 5. The zero-order valence-corrected chi connectivity index (χ0v) is 12.3. The number of nitrogens with two attached hydrogens (primary N) is 1. The molecule has 2 rings (SSSR count). The Balaban J connectivity index is 2.29. The van der Waals surface area contributed by atoms with E-state index >= 15 is 0 Å². The van der Waals surface area contributed by atoms with Crippen molar-refractivity contribution < 1.29 is 13.9 Å². The number of nitrogens with zero attached hydrogens (tertiary/aromatic N) is 1. The normalized spacial score (nSPS) is 10.4. The highest BCUT2D eigenvalue weighted by atomic mass is 35.5. The lowest BCUT2D eigenvalue weighted by Crippen LogP contribution is -2.11. The third kappa shape index (κ3) is 4.06. The molecule has 0 atom stereocenters. The first kappa shape index (κ1) is 15.5. The van der Waals surface area contributed by atoms with Crippen molar-refractivity contribution in [3.05, 3.63) is 52.0 Å². The summed E-state index contributed by atoms with van der Waals surface area (Å²) in [4.78, 5) is 14.6. The summed E-state index contributed by atoms with van der Waals surface area (Å²) in [6.45, 7) is 0. The van der Waals surface area contributed by atoms with Crippen LogP contribution in [0.15, 0.2) is 30.5 Å². The van der Waals surface area contributed by atoms with E-state index in [1.807, 2.05) is 0 Å². The molecule has 0 bridgehead atoms. The third-order valence-corrected chi connectivity index (χ3v) is 3.19. The SMILES string of the molecule is NC(=O)CCc1ccc(Cl)c(Oc2ccnc(Cl)c2)c1F. The molecule has 2 aromatic rings. The molecule has 0 aliphatic rings. The molecule has 1 aromatic heterocycles. The van der Waals surface area contributed by atoms with Gasteiger partial charge in [-0.25, -0.2) is 9.37 Å². The van der Waals surface area contributed by atoms with Crippen LogP contribution in [0.2, 0.25) is 10.2 Å². The number of carbonyl (C=O) groups excluding carboxylic acids is 1. The van der Waals surface area contributed by atoms with E-state index in [-0.39, 0.29) is 28.8 Å². The maximum absolute atomic E-state index is 14.4. The maximum atomic E-state index is 14.4. The number of aryl methyl sites for hydroxylation is 1. The quantitative estimate of drug-likeness (QED) is 0.850. The fourth-order valence-corrected chi connectivity index (χ4v) is 2.03. The first-order chi connectivity index (χ1) is 9.97. The highest BCUT2D eigenvalue weighted by Gasteiger charge is 2.15. The Morgan fingerprint density at radius 1 is 1.33 bits per heavy atom. The number of pyridine rings is 1. The van der Waals surface area contributed by atoms with Crippen molar-refractivity contribution >= 4 is 29.1 Å². The minimum absolute atomic E-state index is 0.0408. The minimum atomic E-state index is -0.628. The lowest BCUT2D eigenvalue weighted by atomic mass is 10.1. The number of carbonyl (C=O) groups is 1. The second-order valence-corrected chi connectivity index (χ2v) is 5.03. The van der Waals surface area contributed by atoms with Crippen molar-refractivity contribution in [1.82, 2.24) is 4.98 Å². The van der Waals surface area contributed by atoms with Crippen molar-refractivity contribution in [3.8, 4) is 11.5 Å². The van der Waals surface area contributed by atoms with Gasteiger partial charge >= 0.3 is 0 Å². The second kappa shape index (κ2) is 6.74. The van der Waals surface area contributed by atoms with E-state index in [1.165, 1.54) is 30.5 Å². The summed E-state index contributed by atoms with van der Waals surface area (Å²) >= 11 is 11.7. The molecule has 1 aromatic carbocycles. The maximum Gasteiger partial charge on any atom is 0.217 e. The number of hydrogen-bond donors (Lipinski definition) is 1. The van der Waals surface area contributed by atoms with Crippen LogP contribution in [0.4, 0.5) is 4.39 Å². The van der Waals surface area contributed by atoms with Gasteiger partial charge in [0.25, 0.3) is 0 Å². The van der Waals surface area contributed by atoms with Gasteiger partial charge in [0.05, 0.1) is 5.02 Å². The Labute approximate surface area is 130 Å². The minimum Gasteiger partial charge on any atom is -0.453 e. The Morgan fingerprint density at radius 3 is 2.76 bits per heavy atom. The molecule has 0 unspecified atom stereocenters. The number of amides is 1. The van der Waals surface area contributed by atoms with Crippen LogP contribution in [0.3, 0.4) is 0 Å². The van der Waals surface area contributed by atoms with Gasteiger partial charge in [0.15, 0.2) is 11.6 Å². The third-order valence-electron chi connectivity index (χ3n) is 2.69. The van der Waals surface area contributed by atoms with Gasteiger partial charge in [-0.1, -0.05) is 29.3 Å². The average molecular weight is 329 g/mol. The highest BCUT2D eigenvalue weighted by molar-refractivity contribution is 6.32. The lowest BCUT2D eigenvalue weighted by molar-refractivity contribution is -0.117. The zero-order valence-electron chi connectivity index (χ0n) is 10.8. The zero-order chi connectivity index (χ0) is 15.4. The fourth-order valence-electron chi connectivity index (χ4n) is 1.68. The molecule has 7 heteroatoms. The Hall–Kier alpha value is -1.85. The average Bonchev–Trinajstić information content (AvgIpc) is 2.42. The summed E-state index contributed by atoms with van der Waals surface area (Å²) in [7, 11) is 0. The molecule has 110 valence electrons. The van der Waals surface area contributed by atoms with Crippen molar-refractivity contribution in [2.45, 2.75) is 12.8 Å². The predicted octanol–water partition coefficient (Wildman–Crippen LogP) is 3.74. The van der Waals surface area contributed by atoms with Gasteiger partial charge in [-0.15, -0.1) is 0 Å². The van der Waals surface area contributed by atoms with Crippen LogP contribution in [0.25, 0.3) is 0 Å². The van der Waals surface area contributed by atoms with Gasteiger partial charge in [0.2, 0.25) is 5.91 Å². The summed E-state index contributed by atoms with van der Waals surface area (Å²) < 4.78 is 19.8. The van der Waals surface area contributed by atoms with E-state index in [0.717, 1.165) is 0 Å². The molecule has 1 amide bonds. The van der Waals surface area contributed by atoms with Gasteiger partial charge in [-0.3, -0.25) is 4.79 Å². The van der Waals surface area contributed by atoms with Crippen molar-refractivity contribution in [2.75, 3.05) is 0 Å². The molecule has 0 saturated heterocycles. The topological polar surface area (TPSA) is 65.2 Å². The Morgan fingerprint density at radius 2 is 2.10 bits per heavy atom. The fraction of sp³-hybridized carbons (Fsp3) is 0.143. The van der Waals surface area contributed by atoms with Gasteiger partial charge in [0, 0.05) is 18.7 Å². The van der Waals surface area contributed by atoms with Crippen LogP contribution >= 0.6 is 23.2 Å². The van der Waals surface area contributed by atoms with Crippen LogP contribution in [0, 0.1) is 5.82 Å². The summed E-state index contributed by atoms with van der Waals surface area (Å²) in [6, 6.07) is 5.96. The number of aromatic nitrogens is 1. The molecule has 21 heavy (non-hydrogen) atoms. The van der Waals surface area contributed by atoms with Crippen LogP contribution in [0.5, 0.6) is 11.5 Å². The highest BCUT2D eigenvalue weighted by Crippen LogP contribution is 2.34. The molecule has 0 spiro atoms. The van der Waals surface area contributed by atoms with E-state index < -0.39 is 11.7 Å². The summed E-state index contributed by atoms with van der Waals surface area (Å²) in [5.74, 6) is -0.951. The van der Waals surface area contributed by atoms with E-state index in [4.69, 9.17) is 33.7 Å². The first-order valence-electron chi connectivity index (χ1n) is 6.02. The molecule has 0 fully saturated rings. The van der Waals surface area contributed by atoms with E-state index in [0.29, 0.717) is 11.3 Å². The smallest absolute Gasteiger partial charge is 0.217 e. The number of benzene rings is 1. The number of halogens is 3. The second-order valence-electron chi connectivity index (χ2n) is 4.23. The standard InChI is InChI=1S/C14H11Cl2FN2O2/c15-10-3-1-8(2-4-12(18)20)13(17)14(10)21-9-5-6-19-11(16)7-9/h1,3,5-7H,2,4H2,(H2,18,20). The molecule has 0 saturated carbocycles. The summed E-state index contributed by atoms with van der Waals surface area (Å²) in [6.07, 6.45) is 1.64. The van der Waals surface area contributed by atoms with Crippen LogP contribution < -0.4 is 10.5 Å². The van der Waals surface area contributed by atoms with Crippen LogP contribution in [-0.2, 0) is 11.2 Å². The number of primary amides is 1. The molecule has 0 aliphatic carbocycles. The molecular weight excluding hydrogens is 318 g/mol. The Bertz CT molecular complexity index is 680. The van der Waals surface area contributed by atoms with Gasteiger partial charge < -0.3 is 10.5 Å². The van der Waals surface area contributed by atoms with Crippen LogP contribution in [0.1, 0.15) is 12.0 Å². The van der Waals surface area contributed by atoms with Gasteiger partial charge in [0.1, 0.15) is 10.9 Å². The molecule has 2 N–H and O–H groups in total. The lowest BCUT2D eigenvalue weighted by Gasteiger charge is -2.11. The molecule has 1 heterocycles. The predicted molar refractivity (Wildman–Crippen MR) is 78.2 cm³/mol. The Kier molecular flexibility index (Phi) is 4.98. The number of hydrogen-bond acceptors (Lipinski definition) is 3. The van der Waals surface area contributed by atoms with Gasteiger partial charge in [-0.2, -0.15) is 0 Å². The molecular formula is C14H11Cl2FN2O2. The van der Waals surface area contributed by atoms with E-state index in [9.17, 15) is 9.18 Å². The summed E-state index contributed by atoms with van der Waals surface area (Å²) in [5, 5.41) is 0.331. The van der Waals surface area contributed by atoms with Crippen molar-refractivity contribution in [1.29, 1.82) is 0 Å². The van der Waals surface area contributed by atoms with E-state index in [1.54, 1.807) is 0 Å². The van der Waals surface area contributed by atoms with Gasteiger partial charge in [-0.05, 0) is 24.1 Å². The van der Waals surface area contributed by atoms with Crippen molar-refractivity contribution in [2.24, 2.45) is 5.73 Å². The molecule has 0 aliphatic heterocycles.